The predicted octanol–water partition coefficient (Wildman–Crippen LogP) is 1.99. The van der Waals surface area contributed by atoms with Gasteiger partial charge in [0.25, 0.3) is 0 Å². The molecule has 2 rings (SSSR count). The standard InChI is InChI=1S/C12H16O3/c1-2-5-9(13)12-8-14-10-6-3-4-7-11(10)15-12/h3-4,6-7,9,12-13H,2,5,8H2,1H3. The molecule has 0 saturated carbocycles. The fraction of sp³-hybridized carbons (Fsp3) is 0.500. The molecule has 0 aliphatic carbocycles. The van der Waals surface area contributed by atoms with Crippen LogP contribution < -0.4 is 9.47 Å². The first-order valence-corrected chi connectivity index (χ1v) is 5.38. The molecule has 2 atom stereocenters. The number of para-hydroxylation sites is 2. The third-order valence-electron chi connectivity index (χ3n) is 2.54. The number of rotatable bonds is 3. The van der Waals surface area contributed by atoms with Gasteiger partial charge in [-0.3, -0.25) is 0 Å². The maximum atomic E-state index is 9.79. The first-order valence-electron chi connectivity index (χ1n) is 5.38. The fourth-order valence-corrected chi connectivity index (χ4v) is 1.71. The van der Waals surface area contributed by atoms with Crippen LogP contribution in [0, 0.1) is 0 Å². The van der Waals surface area contributed by atoms with Crippen molar-refractivity contribution >= 4 is 0 Å². The minimum absolute atomic E-state index is 0.236. The van der Waals surface area contributed by atoms with Crippen molar-refractivity contribution in [3.8, 4) is 11.5 Å². The Hall–Kier alpha value is -1.22. The molecule has 1 aliphatic heterocycles. The van der Waals surface area contributed by atoms with E-state index in [1.807, 2.05) is 31.2 Å². The van der Waals surface area contributed by atoms with Gasteiger partial charge < -0.3 is 14.6 Å². The van der Waals surface area contributed by atoms with Crippen molar-refractivity contribution in [2.75, 3.05) is 6.61 Å². The van der Waals surface area contributed by atoms with Crippen LogP contribution in [0.4, 0.5) is 0 Å². The highest BCUT2D eigenvalue weighted by Crippen LogP contribution is 2.31. The lowest BCUT2D eigenvalue weighted by molar-refractivity contribution is -0.0138. The van der Waals surface area contributed by atoms with Crippen molar-refractivity contribution in [2.45, 2.75) is 32.0 Å². The molecule has 3 nitrogen and oxygen atoms in total. The second-order valence-electron chi connectivity index (χ2n) is 3.77. The second kappa shape index (κ2) is 4.53. The van der Waals surface area contributed by atoms with Gasteiger partial charge in [-0.15, -0.1) is 0 Å². The maximum absolute atomic E-state index is 9.79. The summed E-state index contributed by atoms with van der Waals surface area (Å²) < 4.78 is 11.2. The molecule has 1 aromatic rings. The van der Waals surface area contributed by atoms with Crippen molar-refractivity contribution < 1.29 is 14.6 Å². The van der Waals surface area contributed by atoms with E-state index in [2.05, 4.69) is 0 Å². The summed E-state index contributed by atoms with van der Waals surface area (Å²) >= 11 is 0. The molecule has 0 bridgehead atoms. The van der Waals surface area contributed by atoms with E-state index in [0.717, 1.165) is 24.3 Å². The normalized spacial score (nSPS) is 21.1. The molecule has 0 aromatic heterocycles. The van der Waals surface area contributed by atoms with Crippen molar-refractivity contribution in [1.29, 1.82) is 0 Å². The monoisotopic (exact) mass is 208 g/mol. The third kappa shape index (κ3) is 2.23. The van der Waals surface area contributed by atoms with E-state index in [4.69, 9.17) is 9.47 Å². The minimum atomic E-state index is -0.441. The molecule has 3 heteroatoms. The largest absolute Gasteiger partial charge is 0.486 e. The Morgan fingerprint density at radius 3 is 2.87 bits per heavy atom. The lowest BCUT2D eigenvalue weighted by Crippen LogP contribution is -2.39. The highest BCUT2D eigenvalue weighted by molar-refractivity contribution is 5.40. The van der Waals surface area contributed by atoms with Crippen molar-refractivity contribution in [3.63, 3.8) is 0 Å². The van der Waals surface area contributed by atoms with Crippen LogP contribution in [0.3, 0.4) is 0 Å². The zero-order valence-electron chi connectivity index (χ0n) is 8.85. The highest BCUT2D eigenvalue weighted by Gasteiger charge is 2.26. The van der Waals surface area contributed by atoms with Crippen molar-refractivity contribution in [2.24, 2.45) is 0 Å². The van der Waals surface area contributed by atoms with Crippen LogP contribution in [0.25, 0.3) is 0 Å². The van der Waals surface area contributed by atoms with E-state index in [1.54, 1.807) is 0 Å². The molecule has 1 aliphatic rings. The average Bonchev–Trinajstić information content (AvgIpc) is 2.29. The molecular formula is C12H16O3. The number of aliphatic hydroxyl groups excluding tert-OH is 1. The number of hydrogen-bond acceptors (Lipinski definition) is 3. The van der Waals surface area contributed by atoms with Crippen molar-refractivity contribution in [3.05, 3.63) is 24.3 Å². The van der Waals surface area contributed by atoms with Gasteiger partial charge in [0.15, 0.2) is 17.6 Å². The molecule has 0 radical (unpaired) electrons. The summed E-state index contributed by atoms with van der Waals surface area (Å²) in [5.74, 6) is 1.49. The number of hydrogen-bond donors (Lipinski definition) is 1. The van der Waals surface area contributed by atoms with Gasteiger partial charge in [-0.2, -0.15) is 0 Å². The summed E-state index contributed by atoms with van der Waals surface area (Å²) in [6.45, 7) is 2.47. The Labute approximate surface area is 89.6 Å². The lowest BCUT2D eigenvalue weighted by atomic mass is 10.1. The molecule has 2 unspecified atom stereocenters. The van der Waals surface area contributed by atoms with Crippen LogP contribution >= 0.6 is 0 Å². The van der Waals surface area contributed by atoms with Crippen LogP contribution in [-0.2, 0) is 0 Å². The van der Waals surface area contributed by atoms with E-state index in [9.17, 15) is 5.11 Å². The molecule has 0 saturated heterocycles. The third-order valence-corrected chi connectivity index (χ3v) is 2.54. The van der Waals surface area contributed by atoms with Crippen LogP contribution in [0.1, 0.15) is 19.8 Å². The van der Waals surface area contributed by atoms with E-state index in [1.165, 1.54) is 0 Å². The summed E-state index contributed by atoms with van der Waals surface area (Å²) in [7, 11) is 0. The van der Waals surface area contributed by atoms with E-state index in [0.29, 0.717) is 6.61 Å². The van der Waals surface area contributed by atoms with E-state index < -0.39 is 6.10 Å². The Balaban J connectivity index is 2.05. The molecule has 1 heterocycles. The first kappa shape index (κ1) is 10.3. The van der Waals surface area contributed by atoms with Crippen LogP contribution in [0.5, 0.6) is 11.5 Å². The quantitative estimate of drug-likeness (QED) is 0.825. The van der Waals surface area contributed by atoms with Gasteiger partial charge in [0.1, 0.15) is 6.61 Å². The Morgan fingerprint density at radius 2 is 2.13 bits per heavy atom. The zero-order chi connectivity index (χ0) is 10.7. The molecule has 15 heavy (non-hydrogen) atoms. The van der Waals surface area contributed by atoms with Gasteiger partial charge in [-0.25, -0.2) is 0 Å². The Bertz CT molecular complexity index is 324. The van der Waals surface area contributed by atoms with Crippen LogP contribution in [-0.4, -0.2) is 23.9 Å². The minimum Gasteiger partial charge on any atom is -0.486 e. The van der Waals surface area contributed by atoms with Gasteiger partial charge in [-0.1, -0.05) is 25.5 Å². The van der Waals surface area contributed by atoms with Crippen molar-refractivity contribution in [1.82, 2.24) is 0 Å². The SMILES string of the molecule is CCCC(O)C1COc2ccccc2O1. The number of aliphatic hydroxyl groups is 1. The summed E-state index contributed by atoms with van der Waals surface area (Å²) in [4.78, 5) is 0. The summed E-state index contributed by atoms with van der Waals surface area (Å²) in [6, 6.07) is 7.54. The van der Waals surface area contributed by atoms with Gasteiger partial charge in [0.05, 0.1) is 6.10 Å². The molecule has 0 spiro atoms. The molecule has 0 fully saturated rings. The smallest absolute Gasteiger partial charge is 0.161 e. The summed E-state index contributed by atoms with van der Waals surface area (Å²) in [5.41, 5.74) is 0. The maximum Gasteiger partial charge on any atom is 0.161 e. The second-order valence-corrected chi connectivity index (χ2v) is 3.77. The Morgan fingerprint density at radius 1 is 1.40 bits per heavy atom. The van der Waals surface area contributed by atoms with Gasteiger partial charge in [0, 0.05) is 0 Å². The van der Waals surface area contributed by atoms with E-state index >= 15 is 0 Å². The zero-order valence-corrected chi connectivity index (χ0v) is 8.85. The van der Waals surface area contributed by atoms with Gasteiger partial charge >= 0.3 is 0 Å². The number of fused-ring (bicyclic) bond motifs is 1. The lowest BCUT2D eigenvalue weighted by Gasteiger charge is -2.29. The van der Waals surface area contributed by atoms with E-state index in [-0.39, 0.29) is 6.10 Å². The fourth-order valence-electron chi connectivity index (χ4n) is 1.71. The summed E-state index contributed by atoms with van der Waals surface area (Å²) in [6.07, 6.45) is 1.02. The Kier molecular flexibility index (Phi) is 3.11. The summed E-state index contributed by atoms with van der Waals surface area (Å²) in [5, 5.41) is 9.79. The van der Waals surface area contributed by atoms with Gasteiger partial charge in [0.2, 0.25) is 0 Å². The molecule has 0 amide bonds. The molecule has 82 valence electrons. The first-order chi connectivity index (χ1) is 7.31. The van der Waals surface area contributed by atoms with Crippen LogP contribution in [0.15, 0.2) is 24.3 Å². The van der Waals surface area contributed by atoms with Crippen LogP contribution in [0.2, 0.25) is 0 Å². The highest BCUT2D eigenvalue weighted by atomic mass is 16.6. The number of ether oxygens (including phenoxy) is 2. The predicted molar refractivity (Wildman–Crippen MR) is 57.3 cm³/mol. The molecule has 1 N–H and O–H groups in total. The average molecular weight is 208 g/mol. The van der Waals surface area contributed by atoms with Gasteiger partial charge in [-0.05, 0) is 18.6 Å². The molecular weight excluding hydrogens is 192 g/mol. The molecule has 1 aromatic carbocycles. The topological polar surface area (TPSA) is 38.7 Å². The number of benzene rings is 1.